The van der Waals surface area contributed by atoms with Crippen LogP contribution in [-0.2, 0) is 11.3 Å². The van der Waals surface area contributed by atoms with E-state index in [0.717, 1.165) is 54.6 Å². The quantitative estimate of drug-likeness (QED) is 0.674. The number of ether oxygens (including phenoxy) is 1. The van der Waals surface area contributed by atoms with E-state index in [1.165, 1.54) is 18.2 Å². The Bertz CT molecular complexity index is 760. The summed E-state index contributed by atoms with van der Waals surface area (Å²) in [4.78, 5) is 14.8. The number of rotatable bonds is 7. The van der Waals surface area contributed by atoms with Crippen LogP contribution in [0.25, 0.3) is 11.4 Å². The number of likely N-dealkylation sites (tertiary alicyclic amines) is 1. The lowest BCUT2D eigenvalue weighted by atomic mass is 10.0. The molecule has 0 bridgehead atoms. The van der Waals surface area contributed by atoms with Gasteiger partial charge in [-0.3, -0.25) is 4.79 Å². The zero-order chi connectivity index (χ0) is 19.2. The van der Waals surface area contributed by atoms with Gasteiger partial charge in [0.2, 0.25) is 5.91 Å². The first-order valence-electron chi connectivity index (χ1n) is 9.67. The van der Waals surface area contributed by atoms with Gasteiger partial charge in [-0.1, -0.05) is 18.7 Å². The molecule has 1 amide bonds. The predicted molar refractivity (Wildman–Crippen MR) is 108 cm³/mol. The number of amides is 1. The zero-order valence-corrected chi connectivity index (χ0v) is 17.2. The molecule has 1 aliphatic rings. The van der Waals surface area contributed by atoms with Crippen LogP contribution in [0.15, 0.2) is 29.4 Å². The number of aromatic nitrogens is 3. The molecule has 2 aromatic rings. The average Bonchev–Trinajstić information content (AvgIpc) is 3.14. The molecule has 27 heavy (non-hydrogen) atoms. The maximum atomic E-state index is 12.7. The van der Waals surface area contributed by atoms with E-state index >= 15 is 0 Å². The van der Waals surface area contributed by atoms with Crippen LogP contribution in [0.2, 0.25) is 0 Å². The number of hydrogen-bond acceptors (Lipinski definition) is 5. The van der Waals surface area contributed by atoms with Crippen molar-refractivity contribution in [3.05, 3.63) is 24.3 Å². The van der Waals surface area contributed by atoms with Gasteiger partial charge >= 0.3 is 0 Å². The minimum absolute atomic E-state index is 0.211. The molecule has 1 aromatic carbocycles. The highest BCUT2D eigenvalue weighted by Gasteiger charge is 2.25. The number of benzene rings is 1. The fourth-order valence-corrected chi connectivity index (χ4v) is 4.49. The van der Waals surface area contributed by atoms with Crippen LogP contribution in [0.3, 0.4) is 0 Å². The van der Waals surface area contributed by atoms with Gasteiger partial charge in [0.1, 0.15) is 5.75 Å². The number of hydrogen-bond donors (Lipinski definition) is 0. The lowest BCUT2D eigenvalue weighted by Gasteiger charge is -2.35. The van der Waals surface area contributed by atoms with Crippen molar-refractivity contribution in [3.63, 3.8) is 0 Å². The molecule has 0 unspecified atom stereocenters. The normalized spacial score (nSPS) is 17.1. The Kier molecular flexibility index (Phi) is 6.77. The van der Waals surface area contributed by atoms with Crippen molar-refractivity contribution in [2.24, 2.45) is 0 Å². The van der Waals surface area contributed by atoms with Gasteiger partial charge in [0, 0.05) is 24.7 Å². The summed E-state index contributed by atoms with van der Waals surface area (Å²) >= 11 is 1.48. The first-order chi connectivity index (χ1) is 13.2. The molecule has 2 heterocycles. The second kappa shape index (κ2) is 9.26. The SMILES string of the molecule is CC[C@@H]1CCCCN1C(=O)CSc1nnc(-c2ccc(OC)cc2)n1CC. The van der Waals surface area contributed by atoms with E-state index in [9.17, 15) is 4.79 Å². The minimum Gasteiger partial charge on any atom is -0.497 e. The van der Waals surface area contributed by atoms with Crippen LogP contribution in [-0.4, -0.2) is 51.0 Å². The molecule has 7 heteroatoms. The summed E-state index contributed by atoms with van der Waals surface area (Å²) < 4.78 is 7.28. The highest BCUT2D eigenvalue weighted by molar-refractivity contribution is 7.99. The van der Waals surface area contributed by atoms with Crippen molar-refractivity contribution in [3.8, 4) is 17.1 Å². The molecule has 1 saturated heterocycles. The van der Waals surface area contributed by atoms with Gasteiger partial charge in [-0.2, -0.15) is 0 Å². The molecule has 0 saturated carbocycles. The Morgan fingerprint density at radius 2 is 2.00 bits per heavy atom. The lowest BCUT2D eigenvalue weighted by Crippen LogP contribution is -2.44. The fourth-order valence-electron chi connectivity index (χ4n) is 3.60. The molecule has 1 atom stereocenters. The largest absolute Gasteiger partial charge is 0.497 e. The van der Waals surface area contributed by atoms with Crippen molar-refractivity contribution in [2.45, 2.75) is 57.3 Å². The van der Waals surface area contributed by atoms with Crippen molar-refractivity contribution in [2.75, 3.05) is 19.4 Å². The summed E-state index contributed by atoms with van der Waals surface area (Å²) in [5.41, 5.74) is 0.991. The maximum absolute atomic E-state index is 12.7. The summed E-state index contributed by atoms with van der Waals surface area (Å²) in [6, 6.07) is 8.19. The average molecular weight is 389 g/mol. The summed E-state index contributed by atoms with van der Waals surface area (Å²) in [6.07, 6.45) is 4.49. The van der Waals surface area contributed by atoms with Crippen molar-refractivity contribution >= 4 is 17.7 Å². The molecule has 1 fully saturated rings. The van der Waals surface area contributed by atoms with E-state index in [0.29, 0.717) is 11.8 Å². The predicted octanol–water partition coefficient (Wildman–Crippen LogP) is 3.86. The van der Waals surface area contributed by atoms with Crippen LogP contribution >= 0.6 is 11.8 Å². The number of carbonyl (C=O) groups excluding carboxylic acids is 1. The molecular weight excluding hydrogens is 360 g/mol. The van der Waals surface area contributed by atoms with Gasteiger partial charge in [0.15, 0.2) is 11.0 Å². The second-order valence-electron chi connectivity index (χ2n) is 6.71. The monoisotopic (exact) mass is 388 g/mol. The smallest absolute Gasteiger partial charge is 0.233 e. The van der Waals surface area contributed by atoms with E-state index in [-0.39, 0.29) is 5.91 Å². The molecule has 0 aliphatic carbocycles. The molecule has 3 rings (SSSR count). The van der Waals surface area contributed by atoms with E-state index in [4.69, 9.17) is 4.74 Å². The highest BCUT2D eigenvalue weighted by Crippen LogP contribution is 2.27. The molecule has 146 valence electrons. The van der Waals surface area contributed by atoms with Crippen LogP contribution in [0.1, 0.15) is 39.5 Å². The Balaban J connectivity index is 1.70. The molecule has 0 radical (unpaired) electrons. The fraction of sp³-hybridized carbons (Fsp3) is 0.550. The third kappa shape index (κ3) is 4.46. The lowest BCUT2D eigenvalue weighted by molar-refractivity contribution is -0.132. The minimum atomic E-state index is 0.211. The second-order valence-corrected chi connectivity index (χ2v) is 7.66. The molecule has 0 N–H and O–H groups in total. The van der Waals surface area contributed by atoms with Gasteiger partial charge in [0.25, 0.3) is 0 Å². The van der Waals surface area contributed by atoms with Crippen molar-refractivity contribution < 1.29 is 9.53 Å². The standard InChI is InChI=1S/C20H28N4O2S/c1-4-16-8-6-7-13-24(16)18(25)14-27-20-22-21-19(23(20)5-2)15-9-11-17(26-3)12-10-15/h9-12,16H,4-8,13-14H2,1-3H3/t16-/m1/s1. The number of thioether (sulfide) groups is 1. The third-order valence-corrected chi connectivity index (χ3v) is 6.08. The maximum Gasteiger partial charge on any atom is 0.233 e. The van der Waals surface area contributed by atoms with Gasteiger partial charge in [0.05, 0.1) is 12.9 Å². The summed E-state index contributed by atoms with van der Waals surface area (Å²) in [6.45, 7) is 5.87. The molecule has 6 nitrogen and oxygen atoms in total. The van der Waals surface area contributed by atoms with Crippen LogP contribution in [0.5, 0.6) is 5.75 Å². The van der Waals surface area contributed by atoms with Gasteiger partial charge in [-0.25, -0.2) is 0 Å². The van der Waals surface area contributed by atoms with E-state index in [1.54, 1.807) is 7.11 Å². The van der Waals surface area contributed by atoms with E-state index in [2.05, 4.69) is 33.5 Å². The summed E-state index contributed by atoms with van der Waals surface area (Å²) in [5, 5.41) is 9.49. The number of carbonyl (C=O) groups is 1. The topological polar surface area (TPSA) is 60.3 Å². The highest BCUT2D eigenvalue weighted by atomic mass is 32.2. The van der Waals surface area contributed by atoms with Crippen LogP contribution in [0.4, 0.5) is 0 Å². The van der Waals surface area contributed by atoms with Crippen molar-refractivity contribution in [1.82, 2.24) is 19.7 Å². The first-order valence-corrected chi connectivity index (χ1v) is 10.7. The molecular formula is C20H28N4O2S. The molecule has 0 spiro atoms. The Morgan fingerprint density at radius 3 is 2.67 bits per heavy atom. The van der Waals surface area contributed by atoms with E-state index in [1.807, 2.05) is 24.3 Å². The molecule has 1 aliphatic heterocycles. The first kappa shape index (κ1) is 19.7. The van der Waals surface area contributed by atoms with Crippen LogP contribution < -0.4 is 4.74 Å². The number of piperidine rings is 1. The zero-order valence-electron chi connectivity index (χ0n) is 16.4. The number of methoxy groups -OCH3 is 1. The summed E-state index contributed by atoms with van der Waals surface area (Å²) in [7, 11) is 1.65. The van der Waals surface area contributed by atoms with Gasteiger partial charge < -0.3 is 14.2 Å². The van der Waals surface area contributed by atoms with Gasteiger partial charge in [-0.15, -0.1) is 10.2 Å². The van der Waals surface area contributed by atoms with E-state index < -0.39 is 0 Å². The Labute approximate surface area is 165 Å². The Morgan fingerprint density at radius 1 is 1.22 bits per heavy atom. The Hall–Kier alpha value is -2.02. The summed E-state index contributed by atoms with van der Waals surface area (Å²) in [5.74, 6) is 2.26. The number of nitrogens with zero attached hydrogens (tertiary/aromatic N) is 4. The van der Waals surface area contributed by atoms with Crippen molar-refractivity contribution in [1.29, 1.82) is 0 Å². The molecule has 1 aromatic heterocycles. The van der Waals surface area contributed by atoms with Gasteiger partial charge in [-0.05, 0) is 56.9 Å². The third-order valence-electron chi connectivity index (χ3n) is 5.12. The van der Waals surface area contributed by atoms with Crippen LogP contribution in [0, 0.1) is 0 Å².